The van der Waals surface area contributed by atoms with E-state index in [1.165, 1.54) is 12.8 Å². The van der Waals surface area contributed by atoms with Crippen LogP contribution in [-0.4, -0.2) is 18.5 Å². The molecule has 2 rings (SSSR count). The van der Waals surface area contributed by atoms with Crippen LogP contribution in [0.1, 0.15) is 23.2 Å². The second-order valence-electron chi connectivity index (χ2n) is 4.28. The van der Waals surface area contributed by atoms with Crippen molar-refractivity contribution in [2.75, 3.05) is 6.54 Å². The van der Waals surface area contributed by atoms with Crippen LogP contribution >= 0.6 is 31.9 Å². The van der Waals surface area contributed by atoms with Crippen molar-refractivity contribution in [3.63, 3.8) is 0 Å². The molecule has 3 N–H and O–H groups in total. The molecule has 1 atom stereocenters. The first-order valence-corrected chi connectivity index (χ1v) is 7.16. The number of amides is 1. The van der Waals surface area contributed by atoms with Crippen LogP contribution in [0, 0.1) is 5.92 Å². The molecular weight excluding hydrogens is 348 g/mol. The van der Waals surface area contributed by atoms with Gasteiger partial charge in [0.2, 0.25) is 0 Å². The number of carbonyl (C=O) groups is 1. The van der Waals surface area contributed by atoms with Gasteiger partial charge < -0.3 is 11.1 Å². The van der Waals surface area contributed by atoms with E-state index in [1.54, 1.807) is 6.07 Å². The van der Waals surface area contributed by atoms with E-state index in [2.05, 4.69) is 37.2 Å². The molecule has 0 radical (unpaired) electrons. The predicted molar refractivity (Wildman–Crippen MR) is 74.9 cm³/mol. The molecule has 1 aromatic carbocycles. The van der Waals surface area contributed by atoms with E-state index in [0.717, 1.165) is 8.95 Å². The lowest BCUT2D eigenvalue weighted by Crippen LogP contribution is -2.41. The second-order valence-corrected chi connectivity index (χ2v) is 6.05. The van der Waals surface area contributed by atoms with Crippen LogP contribution in [0.2, 0.25) is 0 Å². The Kier molecular flexibility index (Phi) is 4.22. The third kappa shape index (κ3) is 3.30. The highest BCUT2D eigenvalue weighted by Crippen LogP contribution is 2.32. The molecule has 0 heterocycles. The normalized spacial score (nSPS) is 16.6. The van der Waals surface area contributed by atoms with Crippen molar-refractivity contribution >= 4 is 37.8 Å². The molecule has 0 saturated heterocycles. The number of carbonyl (C=O) groups excluding carboxylic acids is 1. The van der Waals surface area contributed by atoms with Gasteiger partial charge in [-0.05, 0) is 52.9 Å². The van der Waals surface area contributed by atoms with Gasteiger partial charge in [0.05, 0.1) is 5.56 Å². The Morgan fingerprint density at radius 2 is 2.18 bits per heavy atom. The van der Waals surface area contributed by atoms with E-state index in [-0.39, 0.29) is 11.9 Å². The molecule has 0 spiro atoms. The number of nitrogens with one attached hydrogen (secondary N) is 1. The number of hydrogen-bond acceptors (Lipinski definition) is 2. The Labute approximate surface area is 117 Å². The number of rotatable bonds is 4. The zero-order valence-electron chi connectivity index (χ0n) is 9.25. The van der Waals surface area contributed by atoms with Gasteiger partial charge >= 0.3 is 0 Å². The molecule has 1 saturated carbocycles. The minimum absolute atomic E-state index is 0.0632. The Morgan fingerprint density at radius 1 is 1.47 bits per heavy atom. The van der Waals surface area contributed by atoms with E-state index in [1.807, 2.05) is 12.1 Å². The molecule has 1 aliphatic rings. The number of halogens is 2. The van der Waals surface area contributed by atoms with E-state index >= 15 is 0 Å². The number of nitrogens with two attached hydrogens (primary N) is 1. The SMILES string of the molecule is NCC(NC(=O)c1ccc(Br)cc1Br)C1CC1. The minimum Gasteiger partial charge on any atom is -0.348 e. The summed E-state index contributed by atoms with van der Waals surface area (Å²) in [6, 6.07) is 5.62. The fraction of sp³-hybridized carbons (Fsp3) is 0.417. The van der Waals surface area contributed by atoms with Gasteiger partial charge in [-0.1, -0.05) is 15.9 Å². The van der Waals surface area contributed by atoms with E-state index in [4.69, 9.17) is 5.73 Å². The van der Waals surface area contributed by atoms with Crippen molar-refractivity contribution in [2.45, 2.75) is 18.9 Å². The van der Waals surface area contributed by atoms with Crippen LogP contribution in [0.15, 0.2) is 27.1 Å². The zero-order chi connectivity index (χ0) is 12.4. The highest BCUT2D eigenvalue weighted by molar-refractivity contribution is 9.11. The van der Waals surface area contributed by atoms with E-state index in [0.29, 0.717) is 18.0 Å². The highest BCUT2D eigenvalue weighted by atomic mass is 79.9. The molecule has 5 heteroatoms. The lowest BCUT2D eigenvalue weighted by molar-refractivity contribution is 0.0932. The summed E-state index contributed by atoms with van der Waals surface area (Å²) >= 11 is 6.75. The third-order valence-corrected chi connectivity index (χ3v) is 4.09. The largest absolute Gasteiger partial charge is 0.348 e. The molecule has 1 aliphatic carbocycles. The van der Waals surface area contributed by atoms with Gasteiger partial charge in [-0.2, -0.15) is 0 Å². The Balaban J connectivity index is 2.08. The van der Waals surface area contributed by atoms with Gasteiger partial charge in [0.25, 0.3) is 5.91 Å². The molecule has 0 aliphatic heterocycles. The summed E-state index contributed by atoms with van der Waals surface area (Å²) in [6.07, 6.45) is 2.34. The lowest BCUT2D eigenvalue weighted by Gasteiger charge is -2.16. The van der Waals surface area contributed by atoms with Crippen LogP contribution in [-0.2, 0) is 0 Å². The fourth-order valence-electron chi connectivity index (χ4n) is 1.79. The standard InChI is InChI=1S/C12H14Br2N2O/c13-8-3-4-9(10(14)5-8)12(17)16-11(6-15)7-1-2-7/h3-5,7,11H,1-2,6,15H2,(H,16,17). The maximum Gasteiger partial charge on any atom is 0.252 e. The first-order chi connectivity index (χ1) is 8.11. The zero-order valence-corrected chi connectivity index (χ0v) is 12.4. The minimum atomic E-state index is -0.0632. The Hall–Kier alpha value is -0.390. The van der Waals surface area contributed by atoms with Crippen LogP contribution in [0.3, 0.4) is 0 Å². The molecule has 92 valence electrons. The van der Waals surface area contributed by atoms with Gasteiger partial charge in [-0.3, -0.25) is 4.79 Å². The molecule has 1 amide bonds. The summed E-state index contributed by atoms with van der Waals surface area (Å²) in [5, 5.41) is 3.00. The quantitative estimate of drug-likeness (QED) is 0.866. The summed E-state index contributed by atoms with van der Waals surface area (Å²) in [5.41, 5.74) is 6.31. The third-order valence-electron chi connectivity index (χ3n) is 2.94. The summed E-state index contributed by atoms with van der Waals surface area (Å²) in [5.74, 6) is 0.505. The average Bonchev–Trinajstić information content (AvgIpc) is 3.09. The summed E-state index contributed by atoms with van der Waals surface area (Å²) in [4.78, 5) is 12.1. The summed E-state index contributed by atoms with van der Waals surface area (Å²) in [6.45, 7) is 0.505. The van der Waals surface area contributed by atoms with Crippen LogP contribution in [0.5, 0.6) is 0 Å². The van der Waals surface area contributed by atoms with Crippen LogP contribution in [0.25, 0.3) is 0 Å². The van der Waals surface area contributed by atoms with Gasteiger partial charge in [0.1, 0.15) is 0 Å². The van der Waals surface area contributed by atoms with E-state index in [9.17, 15) is 4.79 Å². The molecule has 17 heavy (non-hydrogen) atoms. The van der Waals surface area contributed by atoms with Gasteiger partial charge in [-0.25, -0.2) is 0 Å². The smallest absolute Gasteiger partial charge is 0.252 e. The molecule has 3 nitrogen and oxygen atoms in total. The van der Waals surface area contributed by atoms with Crippen LogP contribution < -0.4 is 11.1 Å². The second kappa shape index (κ2) is 5.50. The summed E-state index contributed by atoms with van der Waals surface area (Å²) < 4.78 is 1.73. The molecule has 0 bridgehead atoms. The van der Waals surface area contributed by atoms with Crippen LogP contribution in [0.4, 0.5) is 0 Å². The average molecular weight is 362 g/mol. The number of hydrogen-bond donors (Lipinski definition) is 2. The van der Waals surface area contributed by atoms with Crippen molar-refractivity contribution in [1.29, 1.82) is 0 Å². The van der Waals surface area contributed by atoms with E-state index < -0.39 is 0 Å². The Morgan fingerprint density at radius 3 is 2.71 bits per heavy atom. The van der Waals surface area contributed by atoms with Crippen molar-refractivity contribution in [3.8, 4) is 0 Å². The monoisotopic (exact) mass is 360 g/mol. The molecule has 1 unspecified atom stereocenters. The number of benzene rings is 1. The Bertz CT molecular complexity index is 433. The topological polar surface area (TPSA) is 55.1 Å². The highest BCUT2D eigenvalue weighted by Gasteiger charge is 2.31. The van der Waals surface area contributed by atoms with Gasteiger partial charge in [0, 0.05) is 21.5 Å². The predicted octanol–water partition coefficient (Wildman–Crippen LogP) is 2.68. The molecule has 0 aromatic heterocycles. The van der Waals surface area contributed by atoms with Gasteiger partial charge in [0.15, 0.2) is 0 Å². The first-order valence-electron chi connectivity index (χ1n) is 5.58. The molecular formula is C12H14Br2N2O. The van der Waals surface area contributed by atoms with Crippen molar-refractivity contribution in [1.82, 2.24) is 5.32 Å². The van der Waals surface area contributed by atoms with Crippen molar-refractivity contribution < 1.29 is 4.79 Å². The molecule has 1 fully saturated rings. The van der Waals surface area contributed by atoms with Gasteiger partial charge in [-0.15, -0.1) is 0 Å². The lowest BCUT2D eigenvalue weighted by atomic mass is 10.1. The van der Waals surface area contributed by atoms with Crippen molar-refractivity contribution in [3.05, 3.63) is 32.7 Å². The maximum atomic E-state index is 12.1. The fourth-order valence-corrected chi connectivity index (χ4v) is 3.01. The summed E-state index contributed by atoms with van der Waals surface area (Å²) in [7, 11) is 0. The molecule has 1 aromatic rings. The maximum absolute atomic E-state index is 12.1. The first kappa shape index (κ1) is 13.1. The van der Waals surface area contributed by atoms with Crippen molar-refractivity contribution in [2.24, 2.45) is 11.7 Å².